The molecule has 3 aromatic rings. The molecule has 0 unspecified atom stereocenters. The summed E-state index contributed by atoms with van der Waals surface area (Å²) < 4.78 is 5.37. The zero-order valence-corrected chi connectivity index (χ0v) is 16.8. The second kappa shape index (κ2) is 8.43. The number of hydrogen-bond donors (Lipinski definition) is 0. The Morgan fingerprint density at radius 1 is 1.10 bits per heavy atom. The third-order valence-corrected chi connectivity index (χ3v) is 5.39. The number of likely N-dealkylation sites (tertiary alicyclic amines) is 1. The molecule has 1 fully saturated rings. The maximum atomic E-state index is 12.8. The van der Waals surface area contributed by atoms with Crippen molar-refractivity contribution in [1.29, 1.82) is 0 Å². The highest BCUT2D eigenvalue weighted by Crippen LogP contribution is 2.31. The number of nitrogens with zero attached hydrogens (tertiary/aromatic N) is 3. The largest absolute Gasteiger partial charge is 0.497 e. The minimum Gasteiger partial charge on any atom is -0.497 e. The van der Waals surface area contributed by atoms with E-state index in [9.17, 15) is 4.79 Å². The van der Waals surface area contributed by atoms with Gasteiger partial charge in [-0.1, -0.05) is 18.2 Å². The number of hydrogen-bond acceptors (Lipinski definition) is 4. The van der Waals surface area contributed by atoms with E-state index in [1.165, 1.54) is 0 Å². The minimum atomic E-state index is -0.00373. The molecule has 0 aliphatic carbocycles. The fourth-order valence-corrected chi connectivity index (χ4v) is 3.93. The van der Waals surface area contributed by atoms with Gasteiger partial charge in [-0.3, -0.25) is 14.8 Å². The van der Waals surface area contributed by atoms with Gasteiger partial charge in [0.25, 0.3) is 5.91 Å². The highest BCUT2D eigenvalue weighted by atomic mass is 16.5. The molecule has 0 radical (unpaired) electrons. The summed E-state index contributed by atoms with van der Waals surface area (Å²) in [4.78, 5) is 23.8. The quantitative estimate of drug-likeness (QED) is 0.662. The molecule has 4 rings (SSSR count). The van der Waals surface area contributed by atoms with Crippen LogP contribution >= 0.6 is 0 Å². The van der Waals surface area contributed by atoms with Gasteiger partial charge in [0.1, 0.15) is 11.4 Å². The Kier molecular flexibility index (Phi) is 5.56. The van der Waals surface area contributed by atoms with Crippen LogP contribution in [0.15, 0.2) is 60.8 Å². The lowest BCUT2D eigenvalue weighted by Crippen LogP contribution is -2.39. The van der Waals surface area contributed by atoms with E-state index in [1.807, 2.05) is 42.2 Å². The Bertz CT molecular complexity index is 1000. The van der Waals surface area contributed by atoms with Crippen molar-refractivity contribution < 1.29 is 9.53 Å². The Morgan fingerprint density at radius 2 is 2.00 bits per heavy atom. The predicted molar refractivity (Wildman–Crippen MR) is 113 cm³/mol. The van der Waals surface area contributed by atoms with Crippen LogP contribution in [0.2, 0.25) is 0 Å². The summed E-state index contributed by atoms with van der Waals surface area (Å²) in [6.45, 7) is 3.46. The van der Waals surface area contributed by atoms with E-state index in [0.717, 1.165) is 47.7 Å². The molecule has 1 aromatic carbocycles. The van der Waals surface area contributed by atoms with Crippen molar-refractivity contribution in [1.82, 2.24) is 14.9 Å². The molecule has 5 nitrogen and oxygen atoms in total. The second-order valence-corrected chi connectivity index (χ2v) is 7.46. The summed E-state index contributed by atoms with van der Waals surface area (Å²) in [5, 5.41) is 0. The number of rotatable bonds is 4. The molecule has 2 aromatic heterocycles. The zero-order chi connectivity index (χ0) is 20.2. The monoisotopic (exact) mass is 387 g/mol. The van der Waals surface area contributed by atoms with Crippen LogP contribution in [0, 0.1) is 6.92 Å². The molecular weight excluding hydrogens is 362 g/mol. The number of methoxy groups -OCH3 is 1. The van der Waals surface area contributed by atoms with E-state index >= 15 is 0 Å². The smallest absolute Gasteiger partial charge is 0.272 e. The number of aromatic nitrogens is 2. The van der Waals surface area contributed by atoms with Crippen LogP contribution in [-0.4, -0.2) is 41.0 Å². The molecular formula is C24H25N3O2. The first-order valence-electron chi connectivity index (χ1n) is 9.97. The normalized spacial score (nSPS) is 16.5. The molecule has 1 atom stereocenters. The van der Waals surface area contributed by atoms with E-state index < -0.39 is 0 Å². The van der Waals surface area contributed by atoms with Crippen LogP contribution in [-0.2, 0) is 0 Å². The number of benzene rings is 1. The second-order valence-electron chi connectivity index (χ2n) is 7.46. The highest BCUT2D eigenvalue weighted by Gasteiger charge is 2.27. The van der Waals surface area contributed by atoms with Gasteiger partial charge in [0.2, 0.25) is 0 Å². The summed E-state index contributed by atoms with van der Waals surface area (Å²) in [5.74, 6) is 1.06. The number of piperidine rings is 1. The molecule has 3 heterocycles. The number of carbonyl (C=O) groups excluding carboxylic acids is 1. The Hall–Kier alpha value is -3.21. The molecule has 1 aliphatic rings. The molecule has 29 heavy (non-hydrogen) atoms. The minimum absolute atomic E-state index is 0.00373. The van der Waals surface area contributed by atoms with Gasteiger partial charge in [0.15, 0.2) is 0 Å². The van der Waals surface area contributed by atoms with Crippen LogP contribution in [0.3, 0.4) is 0 Å². The van der Waals surface area contributed by atoms with Crippen molar-refractivity contribution in [3.8, 4) is 16.9 Å². The van der Waals surface area contributed by atoms with Crippen LogP contribution < -0.4 is 4.74 Å². The maximum Gasteiger partial charge on any atom is 0.272 e. The molecule has 148 valence electrons. The van der Waals surface area contributed by atoms with Gasteiger partial charge in [0.05, 0.1) is 7.11 Å². The Labute approximate surface area is 171 Å². The molecule has 0 saturated carbocycles. The average Bonchev–Trinajstić information content (AvgIpc) is 2.79. The van der Waals surface area contributed by atoms with Gasteiger partial charge in [-0.15, -0.1) is 0 Å². The zero-order valence-electron chi connectivity index (χ0n) is 16.8. The third kappa shape index (κ3) is 4.29. The number of pyridine rings is 2. The maximum absolute atomic E-state index is 12.8. The van der Waals surface area contributed by atoms with E-state index in [2.05, 4.69) is 23.2 Å². The van der Waals surface area contributed by atoms with Crippen LogP contribution in [0.4, 0.5) is 0 Å². The van der Waals surface area contributed by atoms with Crippen LogP contribution in [0.5, 0.6) is 5.75 Å². The molecule has 0 spiro atoms. The highest BCUT2D eigenvalue weighted by molar-refractivity contribution is 5.92. The van der Waals surface area contributed by atoms with Crippen molar-refractivity contribution >= 4 is 5.91 Å². The van der Waals surface area contributed by atoms with Crippen LogP contribution in [0.25, 0.3) is 11.1 Å². The van der Waals surface area contributed by atoms with E-state index in [1.54, 1.807) is 19.4 Å². The number of amides is 1. The topological polar surface area (TPSA) is 55.3 Å². The predicted octanol–water partition coefficient (Wildman–Crippen LogP) is 4.48. The van der Waals surface area contributed by atoms with Crippen molar-refractivity contribution in [2.24, 2.45) is 0 Å². The summed E-state index contributed by atoms with van der Waals surface area (Å²) in [6.07, 6.45) is 3.66. The van der Waals surface area contributed by atoms with Gasteiger partial charge < -0.3 is 9.64 Å². The average molecular weight is 387 g/mol. The van der Waals surface area contributed by atoms with E-state index in [-0.39, 0.29) is 11.8 Å². The number of carbonyl (C=O) groups is 1. The number of ether oxygens (including phenoxy) is 1. The SMILES string of the molecule is COc1cccc(-c2cc(C)nc([C@@H]3CCCN(C(=O)c4ccccn4)C3)c2)c1. The molecule has 0 bridgehead atoms. The van der Waals surface area contributed by atoms with Gasteiger partial charge >= 0.3 is 0 Å². The Morgan fingerprint density at radius 3 is 2.79 bits per heavy atom. The summed E-state index contributed by atoms with van der Waals surface area (Å²) >= 11 is 0. The standard InChI is InChI=1S/C24H25N3O2/c1-17-13-20(18-7-5-9-21(14-18)29-2)15-23(26-17)19-8-6-12-27(16-19)24(28)22-10-3-4-11-25-22/h3-5,7,9-11,13-15,19H,6,8,12,16H2,1-2H3/t19-/m1/s1. The molecule has 1 amide bonds. The number of aryl methyl sites for hydroxylation is 1. The lowest BCUT2D eigenvalue weighted by molar-refractivity contribution is 0.0700. The van der Waals surface area contributed by atoms with E-state index in [4.69, 9.17) is 9.72 Å². The van der Waals surface area contributed by atoms with Crippen molar-refractivity contribution in [2.75, 3.05) is 20.2 Å². The molecule has 5 heteroatoms. The first-order valence-corrected chi connectivity index (χ1v) is 9.97. The summed E-state index contributed by atoms with van der Waals surface area (Å²) in [7, 11) is 1.68. The van der Waals surface area contributed by atoms with Gasteiger partial charge in [-0.2, -0.15) is 0 Å². The summed E-state index contributed by atoms with van der Waals surface area (Å²) in [6, 6.07) is 17.8. The lowest BCUT2D eigenvalue weighted by atomic mass is 9.92. The molecule has 1 saturated heterocycles. The van der Waals surface area contributed by atoms with E-state index in [0.29, 0.717) is 12.2 Å². The fourth-order valence-electron chi connectivity index (χ4n) is 3.93. The molecule has 0 N–H and O–H groups in total. The lowest BCUT2D eigenvalue weighted by Gasteiger charge is -2.32. The first-order chi connectivity index (χ1) is 14.1. The van der Waals surface area contributed by atoms with Gasteiger partial charge in [-0.05, 0) is 67.3 Å². The Balaban J connectivity index is 1.59. The van der Waals surface area contributed by atoms with Crippen molar-refractivity contribution in [3.63, 3.8) is 0 Å². The fraction of sp³-hybridized carbons (Fsp3) is 0.292. The van der Waals surface area contributed by atoms with Gasteiger partial charge in [-0.25, -0.2) is 0 Å². The van der Waals surface area contributed by atoms with Crippen molar-refractivity contribution in [3.05, 3.63) is 77.9 Å². The molecule has 1 aliphatic heterocycles. The first kappa shape index (κ1) is 19.1. The van der Waals surface area contributed by atoms with Crippen LogP contribution in [0.1, 0.15) is 40.6 Å². The van der Waals surface area contributed by atoms with Crippen molar-refractivity contribution in [2.45, 2.75) is 25.7 Å². The van der Waals surface area contributed by atoms with Gasteiger partial charge in [0, 0.05) is 36.6 Å². The summed E-state index contributed by atoms with van der Waals surface area (Å²) in [5.41, 5.74) is 4.75. The third-order valence-electron chi connectivity index (χ3n) is 5.39.